The van der Waals surface area contributed by atoms with Gasteiger partial charge in [0.05, 0.1) is 23.3 Å². The molecule has 1 aliphatic heterocycles. The molecule has 2 N–H and O–H groups in total. The maximum Gasteiger partial charge on any atom is 0.251 e. The number of pyridine rings is 2. The SMILES string of the molecule is FC1(F)CCN(c2ccnc3nc(-c4[nH]nc5ncc(-c6cnn(C7CC7)c6)cc45)[nH]c23)CC1. The van der Waals surface area contributed by atoms with Crippen molar-refractivity contribution in [2.45, 2.75) is 37.6 Å². The molecule has 6 heterocycles. The normalized spacial score (nSPS) is 18.2. The van der Waals surface area contributed by atoms with Crippen LogP contribution in [0.15, 0.2) is 36.9 Å². The van der Waals surface area contributed by atoms with Crippen LogP contribution in [0.2, 0.25) is 0 Å². The number of aromatic amines is 2. The van der Waals surface area contributed by atoms with Gasteiger partial charge in [0, 0.05) is 55.6 Å². The number of anilines is 1. The Morgan fingerprint density at radius 1 is 1.03 bits per heavy atom. The Bertz CT molecular complexity index is 1520. The molecule has 5 aromatic rings. The van der Waals surface area contributed by atoms with Crippen LogP contribution in [0.25, 0.3) is 44.8 Å². The summed E-state index contributed by atoms with van der Waals surface area (Å²) in [6, 6.07) is 4.39. The zero-order chi connectivity index (χ0) is 22.9. The Kier molecular flexibility index (Phi) is 4.06. The van der Waals surface area contributed by atoms with E-state index in [4.69, 9.17) is 0 Å². The van der Waals surface area contributed by atoms with Gasteiger partial charge in [0.2, 0.25) is 0 Å². The highest BCUT2D eigenvalue weighted by Gasteiger charge is 2.34. The molecule has 2 fully saturated rings. The number of piperidine rings is 1. The van der Waals surface area contributed by atoms with Crippen molar-refractivity contribution in [3.63, 3.8) is 0 Å². The van der Waals surface area contributed by atoms with Gasteiger partial charge in [-0.3, -0.25) is 9.78 Å². The molecule has 2 aliphatic rings. The smallest absolute Gasteiger partial charge is 0.251 e. The second-order valence-corrected chi connectivity index (χ2v) is 9.09. The van der Waals surface area contributed by atoms with Crippen LogP contribution >= 0.6 is 0 Å². The fraction of sp³-hybridized carbons (Fsp3) is 0.348. The lowest BCUT2D eigenvalue weighted by Gasteiger charge is -2.33. The van der Waals surface area contributed by atoms with Crippen LogP contribution in [-0.4, -0.2) is 58.9 Å². The molecule has 7 rings (SSSR count). The quantitative estimate of drug-likeness (QED) is 0.413. The molecule has 1 saturated heterocycles. The minimum Gasteiger partial charge on any atom is -0.369 e. The number of hydrogen-bond acceptors (Lipinski definition) is 6. The first kappa shape index (κ1) is 19.6. The van der Waals surface area contributed by atoms with Gasteiger partial charge in [-0.15, -0.1) is 0 Å². The third kappa shape index (κ3) is 3.22. The zero-order valence-electron chi connectivity index (χ0n) is 18.2. The maximum absolute atomic E-state index is 13.7. The van der Waals surface area contributed by atoms with Crippen LogP contribution in [0.3, 0.4) is 0 Å². The molecule has 0 amide bonds. The van der Waals surface area contributed by atoms with Crippen molar-refractivity contribution in [1.82, 2.24) is 39.9 Å². The van der Waals surface area contributed by atoms with Gasteiger partial charge in [-0.1, -0.05) is 0 Å². The van der Waals surface area contributed by atoms with Gasteiger partial charge in [0.25, 0.3) is 5.92 Å². The van der Waals surface area contributed by atoms with Crippen molar-refractivity contribution in [2.75, 3.05) is 18.0 Å². The van der Waals surface area contributed by atoms with E-state index in [1.165, 1.54) is 12.8 Å². The fourth-order valence-corrected chi connectivity index (χ4v) is 4.62. The second kappa shape index (κ2) is 7.05. The second-order valence-electron chi connectivity index (χ2n) is 9.09. The molecular formula is C23H21F2N9. The molecule has 0 unspecified atom stereocenters. The fourth-order valence-electron chi connectivity index (χ4n) is 4.62. The van der Waals surface area contributed by atoms with Crippen LogP contribution in [-0.2, 0) is 0 Å². The summed E-state index contributed by atoms with van der Waals surface area (Å²) >= 11 is 0. The topological polar surface area (TPSA) is 104 Å². The zero-order valence-corrected chi connectivity index (χ0v) is 18.2. The number of nitrogens with zero attached hydrogens (tertiary/aromatic N) is 7. The predicted molar refractivity (Wildman–Crippen MR) is 123 cm³/mol. The van der Waals surface area contributed by atoms with E-state index < -0.39 is 5.92 Å². The molecule has 0 aromatic carbocycles. The number of halogens is 2. The molecule has 0 radical (unpaired) electrons. The lowest BCUT2D eigenvalue weighted by atomic mass is 10.1. The monoisotopic (exact) mass is 461 g/mol. The number of fused-ring (bicyclic) bond motifs is 2. The minimum atomic E-state index is -2.60. The summed E-state index contributed by atoms with van der Waals surface area (Å²) in [5, 5.41) is 12.7. The summed E-state index contributed by atoms with van der Waals surface area (Å²) < 4.78 is 29.3. The van der Waals surface area contributed by atoms with E-state index in [-0.39, 0.29) is 25.9 Å². The first-order valence-electron chi connectivity index (χ1n) is 11.4. The molecule has 1 aliphatic carbocycles. The van der Waals surface area contributed by atoms with E-state index in [0.717, 1.165) is 27.7 Å². The maximum atomic E-state index is 13.7. The third-order valence-corrected chi connectivity index (χ3v) is 6.71. The molecule has 0 bridgehead atoms. The summed E-state index contributed by atoms with van der Waals surface area (Å²) in [6.07, 6.45) is 9.41. The predicted octanol–water partition coefficient (Wildman–Crippen LogP) is 4.33. The van der Waals surface area contributed by atoms with Crippen molar-refractivity contribution in [3.05, 3.63) is 36.9 Å². The van der Waals surface area contributed by atoms with Crippen molar-refractivity contribution >= 4 is 27.9 Å². The Morgan fingerprint density at radius 3 is 2.71 bits per heavy atom. The molecule has 5 aromatic heterocycles. The summed E-state index contributed by atoms with van der Waals surface area (Å²) in [5.41, 5.74) is 5.32. The first-order chi connectivity index (χ1) is 16.5. The molecule has 9 nitrogen and oxygen atoms in total. The average Bonchev–Trinajstić information content (AvgIpc) is 3.22. The first-order valence-corrected chi connectivity index (χ1v) is 11.4. The van der Waals surface area contributed by atoms with Gasteiger partial charge in [-0.25, -0.2) is 23.7 Å². The highest BCUT2D eigenvalue weighted by molar-refractivity contribution is 5.95. The van der Waals surface area contributed by atoms with Crippen LogP contribution in [0, 0.1) is 0 Å². The van der Waals surface area contributed by atoms with E-state index in [0.29, 0.717) is 28.9 Å². The van der Waals surface area contributed by atoms with Gasteiger partial charge in [-0.2, -0.15) is 10.2 Å². The van der Waals surface area contributed by atoms with Crippen molar-refractivity contribution in [2.24, 2.45) is 0 Å². The number of imidazole rings is 1. The number of hydrogen-bond donors (Lipinski definition) is 2. The van der Waals surface area contributed by atoms with E-state index in [1.54, 1.807) is 12.4 Å². The Labute approximate surface area is 192 Å². The summed E-state index contributed by atoms with van der Waals surface area (Å²) in [5.74, 6) is -2.02. The minimum absolute atomic E-state index is 0.158. The molecule has 11 heteroatoms. The van der Waals surface area contributed by atoms with Gasteiger partial charge in [0.15, 0.2) is 17.1 Å². The molecule has 172 valence electrons. The van der Waals surface area contributed by atoms with E-state index in [9.17, 15) is 8.78 Å². The standard InChI is InChI=1S/C23H21F2N9/c24-23(25)4-7-33(8-5-23)17-3-6-26-21-19(17)29-22(30-21)18-16-9-13(10-27-20(16)32-31-18)14-11-28-34(12-14)15-1-2-15/h3,6,9-12,15H,1-2,4-5,7-8H2,(H,26,29,30)(H,27,31,32). The van der Waals surface area contributed by atoms with Crippen LogP contribution < -0.4 is 4.90 Å². The van der Waals surface area contributed by atoms with Gasteiger partial charge >= 0.3 is 0 Å². The molecule has 1 saturated carbocycles. The number of H-pyrrole nitrogens is 2. The Balaban J connectivity index is 1.27. The lowest BCUT2D eigenvalue weighted by Crippen LogP contribution is -2.39. The van der Waals surface area contributed by atoms with Gasteiger partial charge in [0.1, 0.15) is 11.2 Å². The van der Waals surface area contributed by atoms with Crippen molar-refractivity contribution in [1.29, 1.82) is 0 Å². The van der Waals surface area contributed by atoms with Crippen molar-refractivity contribution in [3.8, 4) is 22.6 Å². The summed E-state index contributed by atoms with van der Waals surface area (Å²) in [7, 11) is 0. The van der Waals surface area contributed by atoms with Crippen LogP contribution in [0.5, 0.6) is 0 Å². The summed E-state index contributed by atoms with van der Waals surface area (Å²) in [4.78, 5) is 18.9. The largest absolute Gasteiger partial charge is 0.369 e. The third-order valence-electron chi connectivity index (χ3n) is 6.71. The van der Waals surface area contributed by atoms with Crippen LogP contribution in [0.4, 0.5) is 14.5 Å². The number of rotatable bonds is 4. The summed E-state index contributed by atoms with van der Waals surface area (Å²) in [6.45, 7) is 0.574. The molecule has 0 atom stereocenters. The average molecular weight is 461 g/mol. The molecular weight excluding hydrogens is 440 g/mol. The molecule has 0 spiro atoms. The Hall–Kier alpha value is -3.89. The highest BCUT2D eigenvalue weighted by atomic mass is 19.3. The van der Waals surface area contributed by atoms with Gasteiger partial charge < -0.3 is 9.88 Å². The van der Waals surface area contributed by atoms with Gasteiger partial charge in [-0.05, 0) is 25.0 Å². The van der Waals surface area contributed by atoms with E-state index in [2.05, 4.69) is 41.4 Å². The number of nitrogens with one attached hydrogen (secondary N) is 2. The lowest BCUT2D eigenvalue weighted by molar-refractivity contribution is -0.0220. The number of alkyl halides is 2. The van der Waals surface area contributed by atoms with Crippen LogP contribution in [0.1, 0.15) is 31.7 Å². The van der Waals surface area contributed by atoms with E-state index >= 15 is 0 Å². The number of aromatic nitrogens is 8. The Morgan fingerprint density at radius 2 is 1.88 bits per heavy atom. The molecule has 34 heavy (non-hydrogen) atoms. The van der Waals surface area contributed by atoms with Crippen molar-refractivity contribution < 1.29 is 8.78 Å². The highest BCUT2D eigenvalue weighted by Crippen LogP contribution is 2.36. The van der Waals surface area contributed by atoms with E-state index in [1.807, 2.05) is 27.9 Å².